The van der Waals surface area contributed by atoms with Crippen molar-refractivity contribution in [2.45, 2.75) is 32.2 Å². The number of nitrogens with zero attached hydrogens (tertiary/aromatic N) is 1. The molecule has 0 saturated carbocycles. The fraction of sp³-hybridized carbons (Fsp3) is 0.778. The summed E-state index contributed by atoms with van der Waals surface area (Å²) in [6, 6.07) is 0.294. The molecule has 10 heavy (non-hydrogen) atoms. The van der Waals surface area contributed by atoms with Crippen LogP contribution in [0.1, 0.15) is 26.2 Å². The van der Waals surface area contributed by atoms with Gasteiger partial charge in [0, 0.05) is 0 Å². The summed E-state index contributed by atoms with van der Waals surface area (Å²) in [6.45, 7) is 4.46. The lowest BCUT2D eigenvalue weighted by molar-refractivity contribution is 0.286. The quantitative estimate of drug-likeness (QED) is 0.519. The molecule has 0 aromatic heterocycles. The Morgan fingerprint density at radius 3 is 2.50 bits per heavy atom. The Morgan fingerprint density at radius 1 is 1.50 bits per heavy atom. The highest BCUT2D eigenvalue weighted by Gasteiger charge is 2.17. The molecule has 1 aliphatic heterocycles. The summed E-state index contributed by atoms with van der Waals surface area (Å²) in [6.07, 6.45) is 10.7. The van der Waals surface area contributed by atoms with E-state index in [1.54, 1.807) is 0 Å². The third kappa shape index (κ3) is 1.52. The summed E-state index contributed by atoms with van der Waals surface area (Å²) in [5.74, 6) is 2.57. The highest BCUT2D eigenvalue weighted by atomic mass is 15.2. The average molecular weight is 136 g/mol. The van der Waals surface area contributed by atoms with Crippen molar-refractivity contribution in [2.24, 2.45) is 0 Å². The molecule has 0 N–H and O–H groups in total. The van der Waals surface area contributed by atoms with Gasteiger partial charge in [-0.1, -0.05) is 12.8 Å². The van der Waals surface area contributed by atoms with Crippen LogP contribution in [0, 0.1) is 12.3 Å². The molecule has 0 aromatic carbocycles. The van der Waals surface area contributed by atoms with Crippen molar-refractivity contribution in [1.82, 2.24) is 4.90 Å². The first kappa shape index (κ1) is 7.63. The van der Waals surface area contributed by atoms with Gasteiger partial charge in [0.25, 0.3) is 0 Å². The summed E-state index contributed by atoms with van der Waals surface area (Å²) in [5, 5.41) is 0. The van der Waals surface area contributed by atoms with E-state index in [4.69, 9.17) is 6.42 Å². The minimum Gasteiger partial charge on any atom is -0.290 e. The Morgan fingerprint density at radius 2 is 2.10 bits per heavy atom. The van der Waals surface area contributed by atoms with Crippen LogP contribution in [0.25, 0.3) is 0 Å². The fourth-order valence-corrected chi connectivity index (χ4v) is 1.50. The zero-order valence-corrected chi connectivity index (χ0v) is 6.56. The molecule has 1 unspecified atom stereocenters. The van der Waals surface area contributed by atoms with E-state index in [0.29, 0.717) is 6.04 Å². The Hall–Kier alpha value is -0.480. The van der Waals surface area contributed by atoms with E-state index in [9.17, 15) is 0 Å². The van der Waals surface area contributed by atoms with Gasteiger partial charge in [0.1, 0.15) is 0 Å². The van der Waals surface area contributed by atoms with Crippen molar-refractivity contribution >= 4 is 0 Å². The van der Waals surface area contributed by atoms with Crippen LogP contribution in [0.3, 0.4) is 0 Å². The SMILES string of the molecule is [C]#CC(CC)N1CCCC1. The molecule has 0 aliphatic carbocycles. The van der Waals surface area contributed by atoms with Gasteiger partial charge in [0.05, 0.1) is 6.04 Å². The highest BCUT2D eigenvalue weighted by Crippen LogP contribution is 2.12. The summed E-state index contributed by atoms with van der Waals surface area (Å²) in [7, 11) is 0. The van der Waals surface area contributed by atoms with Crippen LogP contribution in [0.15, 0.2) is 0 Å². The van der Waals surface area contributed by atoms with Crippen molar-refractivity contribution in [3.8, 4) is 5.92 Å². The molecule has 1 rings (SSSR count). The van der Waals surface area contributed by atoms with Crippen LogP contribution >= 0.6 is 0 Å². The molecule has 0 amide bonds. The van der Waals surface area contributed by atoms with Gasteiger partial charge in [0.15, 0.2) is 0 Å². The van der Waals surface area contributed by atoms with Crippen LogP contribution in [-0.4, -0.2) is 24.0 Å². The Balaban J connectivity index is 2.38. The molecule has 1 nitrogen and oxygen atoms in total. The van der Waals surface area contributed by atoms with Gasteiger partial charge in [-0.2, -0.15) is 0 Å². The molecule has 0 spiro atoms. The average Bonchev–Trinajstić information content (AvgIpc) is 2.43. The molecule has 1 atom stereocenters. The molecule has 1 radical (unpaired) electrons. The van der Waals surface area contributed by atoms with Gasteiger partial charge in [-0.25, -0.2) is 0 Å². The third-order valence-corrected chi connectivity index (χ3v) is 2.13. The van der Waals surface area contributed by atoms with Crippen LogP contribution in [-0.2, 0) is 0 Å². The third-order valence-electron chi connectivity index (χ3n) is 2.13. The summed E-state index contributed by atoms with van der Waals surface area (Å²) >= 11 is 0. The van der Waals surface area contributed by atoms with Crippen LogP contribution in [0.5, 0.6) is 0 Å². The van der Waals surface area contributed by atoms with Gasteiger partial charge in [-0.3, -0.25) is 4.90 Å². The predicted molar refractivity (Wildman–Crippen MR) is 42.0 cm³/mol. The number of hydrogen-bond donors (Lipinski definition) is 0. The zero-order chi connectivity index (χ0) is 7.40. The van der Waals surface area contributed by atoms with E-state index in [1.807, 2.05) is 0 Å². The van der Waals surface area contributed by atoms with Crippen LogP contribution < -0.4 is 0 Å². The van der Waals surface area contributed by atoms with Crippen LogP contribution in [0.2, 0.25) is 0 Å². The topological polar surface area (TPSA) is 3.24 Å². The minimum absolute atomic E-state index is 0.294. The molecular formula is C9H14N. The van der Waals surface area contributed by atoms with Gasteiger partial charge in [-0.05, 0) is 38.8 Å². The van der Waals surface area contributed by atoms with Gasteiger partial charge >= 0.3 is 0 Å². The second-order valence-corrected chi connectivity index (χ2v) is 2.81. The second kappa shape index (κ2) is 3.63. The second-order valence-electron chi connectivity index (χ2n) is 2.81. The molecule has 0 aromatic rings. The van der Waals surface area contributed by atoms with Crippen molar-refractivity contribution in [2.75, 3.05) is 13.1 Å². The number of likely N-dealkylation sites (tertiary alicyclic amines) is 1. The molecular weight excluding hydrogens is 122 g/mol. The summed E-state index contributed by atoms with van der Waals surface area (Å²) < 4.78 is 0. The molecule has 1 aliphatic rings. The molecule has 1 fully saturated rings. The van der Waals surface area contributed by atoms with Gasteiger partial charge in [-0.15, -0.1) is 0 Å². The lowest BCUT2D eigenvalue weighted by atomic mass is 10.2. The summed E-state index contributed by atoms with van der Waals surface area (Å²) in [4.78, 5) is 2.34. The van der Waals surface area contributed by atoms with Crippen molar-refractivity contribution in [3.05, 3.63) is 6.42 Å². The van der Waals surface area contributed by atoms with Crippen molar-refractivity contribution < 1.29 is 0 Å². The molecule has 1 heteroatoms. The Labute approximate surface area is 63.4 Å². The molecule has 1 saturated heterocycles. The van der Waals surface area contributed by atoms with E-state index in [2.05, 4.69) is 17.7 Å². The van der Waals surface area contributed by atoms with E-state index in [-0.39, 0.29) is 0 Å². The van der Waals surface area contributed by atoms with Crippen molar-refractivity contribution in [3.63, 3.8) is 0 Å². The standard InChI is InChI=1S/C9H14N/c1-3-9(4-2)10-7-5-6-8-10/h9H,3,5-8H2,1H3. The maximum atomic E-state index is 7.03. The lowest BCUT2D eigenvalue weighted by Crippen LogP contribution is -2.30. The highest BCUT2D eigenvalue weighted by molar-refractivity contribution is 4.95. The van der Waals surface area contributed by atoms with E-state index >= 15 is 0 Å². The minimum atomic E-state index is 0.294. The molecule has 55 valence electrons. The Bertz CT molecular complexity index is 128. The Kier molecular flexibility index (Phi) is 2.77. The monoisotopic (exact) mass is 136 g/mol. The maximum absolute atomic E-state index is 7.03. The first-order valence-corrected chi connectivity index (χ1v) is 4.04. The fourth-order valence-electron chi connectivity index (χ4n) is 1.50. The first-order valence-electron chi connectivity index (χ1n) is 4.04. The van der Waals surface area contributed by atoms with E-state index in [1.165, 1.54) is 25.9 Å². The smallest absolute Gasteiger partial charge is 0.0722 e. The first-order chi connectivity index (χ1) is 4.88. The van der Waals surface area contributed by atoms with E-state index < -0.39 is 0 Å². The van der Waals surface area contributed by atoms with Crippen molar-refractivity contribution in [1.29, 1.82) is 0 Å². The van der Waals surface area contributed by atoms with E-state index in [0.717, 1.165) is 6.42 Å². The maximum Gasteiger partial charge on any atom is 0.0722 e. The zero-order valence-electron chi connectivity index (χ0n) is 6.56. The molecule has 1 heterocycles. The predicted octanol–water partition coefficient (Wildman–Crippen LogP) is 1.45. The normalized spacial score (nSPS) is 22.4. The van der Waals surface area contributed by atoms with Gasteiger partial charge < -0.3 is 0 Å². The number of rotatable bonds is 2. The van der Waals surface area contributed by atoms with Crippen LogP contribution in [0.4, 0.5) is 0 Å². The number of hydrogen-bond acceptors (Lipinski definition) is 1. The molecule has 0 bridgehead atoms. The lowest BCUT2D eigenvalue weighted by Gasteiger charge is -2.20. The summed E-state index contributed by atoms with van der Waals surface area (Å²) in [5.41, 5.74) is 0. The van der Waals surface area contributed by atoms with Gasteiger partial charge in [0.2, 0.25) is 0 Å². The largest absolute Gasteiger partial charge is 0.290 e.